The van der Waals surface area contributed by atoms with Crippen LogP contribution >= 0.6 is 11.3 Å². The molecule has 1 N–H and O–H groups in total. The smallest absolute Gasteiger partial charge is 0.318 e. The molecule has 1 aliphatic heterocycles. The van der Waals surface area contributed by atoms with Crippen LogP contribution in [0.1, 0.15) is 43.7 Å². The Morgan fingerprint density at radius 3 is 2.87 bits per heavy atom. The first-order valence-electron chi connectivity index (χ1n) is 10.7. The van der Waals surface area contributed by atoms with Crippen LogP contribution in [0.2, 0.25) is 0 Å². The van der Waals surface area contributed by atoms with Crippen molar-refractivity contribution in [1.29, 1.82) is 0 Å². The van der Waals surface area contributed by atoms with Crippen LogP contribution in [0.4, 0.5) is 9.18 Å². The summed E-state index contributed by atoms with van der Waals surface area (Å²) in [5, 5.41) is 4.89. The number of carbonyl (C=O) groups excluding carboxylic acids is 2. The molecule has 1 aromatic heterocycles. The Bertz CT molecular complexity index is 902. The van der Waals surface area contributed by atoms with Crippen molar-refractivity contribution in [3.63, 3.8) is 0 Å². The van der Waals surface area contributed by atoms with Gasteiger partial charge in [-0.25, -0.2) is 9.18 Å². The molecule has 31 heavy (non-hydrogen) atoms. The van der Waals surface area contributed by atoms with Crippen molar-refractivity contribution in [3.05, 3.63) is 52.0 Å². The molecule has 0 fully saturated rings. The summed E-state index contributed by atoms with van der Waals surface area (Å²) in [6, 6.07) is 7.51. The van der Waals surface area contributed by atoms with E-state index in [9.17, 15) is 14.0 Å². The zero-order chi connectivity index (χ0) is 22.4. The van der Waals surface area contributed by atoms with Gasteiger partial charge in [-0.3, -0.25) is 4.79 Å². The molecule has 8 heteroatoms. The standard InChI is InChI=1S/C23H30FN3O3S/c1-4-10-26(23(29)25-16(2)3)14-22(28)27-11-8-21-19(9-12-31-21)20(27)15-30-18-7-5-6-17(24)13-18/h5-7,9,12-13,16,20H,4,8,10-11,14-15H2,1-3H3,(H,25,29). The monoisotopic (exact) mass is 447 g/mol. The predicted octanol–water partition coefficient (Wildman–Crippen LogP) is 4.22. The minimum atomic E-state index is -0.364. The third-order valence-electron chi connectivity index (χ3n) is 5.14. The van der Waals surface area contributed by atoms with Gasteiger partial charge in [-0.1, -0.05) is 13.0 Å². The molecule has 0 radical (unpaired) electrons. The molecule has 0 bridgehead atoms. The second-order valence-corrected chi connectivity index (χ2v) is 8.95. The number of ether oxygens (including phenoxy) is 1. The molecular weight excluding hydrogens is 417 g/mol. The van der Waals surface area contributed by atoms with Crippen molar-refractivity contribution in [3.8, 4) is 5.75 Å². The number of urea groups is 1. The fourth-order valence-corrected chi connectivity index (χ4v) is 4.65. The van der Waals surface area contributed by atoms with E-state index < -0.39 is 0 Å². The number of benzene rings is 1. The van der Waals surface area contributed by atoms with Crippen molar-refractivity contribution >= 4 is 23.3 Å². The van der Waals surface area contributed by atoms with Gasteiger partial charge in [0.2, 0.25) is 5.91 Å². The maximum absolute atomic E-state index is 13.5. The molecule has 2 aromatic rings. The van der Waals surface area contributed by atoms with Crippen LogP contribution in [0.3, 0.4) is 0 Å². The van der Waals surface area contributed by atoms with Gasteiger partial charge in [-0.2, -0.15) is 0 Å². The maximum atomic E-state index is 13.5. The lowest BCUT2D eigenvalue weighted by atomic mass is 10.0. The van der Waals surface area contributed by atoms with Crippen LogP contribution in [0.25, 0.3) is 0 Å². The van der Waals surface area contributed by atoms with E-state index in [0.717, 1.165) is 18.4 Å². The third kappa shape index (κ3) is 5.97. The Morgan fingerprint density at radius 2 is 2.16 bits per heavy atom. The van der Waals surface area contributed by atoms with Gasteiger partial charge < -0.3 is 19.9 Å². The fraction of sp³-hybridized carbons (Fsp3) is 0.478. The molecule has 2 heterocycles. The molecule has 0 spiro atoms. The Hall–Kier alpha value is -2.61. The first-order chi connectivity index (χ1) is 14.9. The highest BCUT2D eigenvalue weighted by molar-refractivity contribution is 7.10. The number of halogens is 1. The summed E-state index contributed by atoms with van der Waals surface area (Å²) in [4.78, 5) is 30.4. The van der Waals surface area contributed by atoms with E-state index in [0.29, 0.717) is 18.8 Å². The SMILES string of the molecule is CCCN(CC(=O)N1CCc2sccc2C1COc1cccc(F)c1)C(=O)NC(C)C. The average molecular weight is 448 g/mol. The quantitative estimate of drug-likeness (QED) is 0.659. The number of rotatable bonds is 8. The first-order valence-corrected chi connectivity index (χ1v) is 11.6. The van der Waals surface area contributed by atoms with E-state index >= 15 is 0 Å². The van der Waals surface area contributed by atoms with Crippen LogP contribution in [0.5, 0.6) is 5.75 Å². The second-order valence-electron chi connectivity index (χ2n) is 7.95. The molecule has 1 atom stereocenters. The number of fused-ring (bicyclic) bond motifs is 1. The van der Waals surface area contributed by atoms with Crippen LogP contribution in [-0.4, -0.2) is 54.0 Å². The number of amides is 3. The van der Waals surface area contributed by atoms with Crippen LogP contribution in [0.15, 0.2) is 35.7 Å². The van der Waals surface area contributed by atoms with E-state index in [1.54, 1.807) is 33.3 Å². The molecule has 0 aliphatic carbocycles. The van der Waals surface area contributed by atoms with Crippen molar-refractivity contribution in [2.75, 3.05) is 26.2 Å². The Kier molecular flexibility index (Phi) is 7.90. The Balaban J connectivity index is 1.75. The normalized spacial score (nSPS) is 15.5. The van der Waals surface area contributed by atoms with Crippen LogP contribution in [-0.2, 0) is 11.2 Å². The molecule has 3 rings (SSSR count). The Morgan fingerprint density at radius 1 is 1.35 bits per heavy atom. The summed E-state index contributed by atoms with van der Waals surface area (Å²) in [5.74, 6) is -0.0487. The number of thiophene rings is 1. The zero-order valence-electron chi connectivity index (χ0n) is 18.3. The van der Waals surface area contributed by atoms with Gasteiger partial charge in [0, 0.05) is 30.1 Å². The Labute approximate surface area is 187 Å². The molecule has 0 saturated heterocycles. The van der Waals surface area contributed by atoms with E-state index in [1.807, 2.05) is 32.2 Å². The molecule has 1 aliphatic rings. The fourth-order valence-electron chi connectivity index (χ4n) is 3.72. The van der Waals surface area contributed by atoms with Gasteiger partial charge in [0.25, 0.3) is 0 Å². The summed E-state index contributed by atoms with van der Waals surface area (Å²) < 4.78 is 19.4. The lowest BCUT2D eigenvalue weighted by molar-refractivity contribution is -0.135. The molecule has 6 nitrogen and oxygen atoms in total. The molecule has 168 valence electrons. The van der Waals surface area contributed by atoms with E-state index in [1.165, 1.54) is 17.0 Å². The molecular formula is C23H30FN3O3S. The van der Waals surface area contributed by atoms with Crippen LogP contribution < -0.4 is 10.1 Å². The lowest BCUT2D eigenvalue weighted by Crippen LogP contribution is -2.50. The van der Waals surface area contributed by atoms with Gasteiger partial charge in [0.05, 0.1) is 6.04 Å². The van der Waals surface area contributed by atoms with Crippen molar-refractivity contribution < 1.29 is 18.7 Å². The summed E-state index contributed by atoms with van der Waals surface area (Å²) >= 11 is 1.67. The zero-order valence-corrected chi connectivity index (χ0v) is 19.1. The minimum absolute atomic E-state index is 0.00211. The number of hydrogen-bond acceptors (Lipinski definition) is 4. The lowest BCUT2D eigenvalue weighted by Gasteiger charge is -2.37. The van der Waals surface area contributed by atoms with Crippen molar-refractivity contribution in [2.24, 2.45) is 0 Å². The number of carbonyl (C=O) groups is 2. The highest BCUT2D eigenvalue weighted by atomic mass is 32.1. The summed E-state index contributed by atoms with van der Waals surface area (Å²) in [6.45, 7) is 7.09. The molecule has 1 aromatic carbocycles. The molecule has 1 unspecified atom stereocenters. The van der Waals surface area contributed by atoms with Gasteiger partial charge in [0.15, 0.2) is 0 Å². The predicted molar refractivity (Wildman–Crippen MR) is 120 cm³/mol. The number of nitrogens with zero attached hydrogens (tertiary/aromatic N) is 2. The molecule has 3 amide bonds. The van der Waals surface area contributed by atoms with Gasteiger partial charge in [-0.15, -0.1) is 11.3 Å². The van der Waals surface area contributed by atoms with E-state index in [4.69, 9.17) is 4.74 Å². The number of nitrogens with one attached hydrogen (secondary N) is 1. The third-order valence-corrected chi connectivity index (χ3v) is 6.13. The first kappa shape index (κ1) is 23.1. The number of hydrogen-bond donors (Lipinski definition) is 1. The molecule has 0 saturated carbocycles. The highest BCUT2D eigenvalue weighted by Crippen LogP contribution is 2.34. The average Bonchev–Trinajstić information content (AvgIpc) is 3.20. The maximum Gasteiger partial charge on any atom is 0.318 e. The minimum Gasteiger partial charge on any atom is -0.491 e. The highest BCUT2D eigenvalue weighted by Gasteiger charge is 2.33. The summed E-state index contributed by atoms with van der Waals surface area (Å²) in [5.41, 5.74) is 1.06. The topological polar surface area (TPSA) is 61.9 Å². The summed E-state index contributed by atoms with van der Waals surface area (Å²) in [6.07, 6.45) is 1.54. The summed E-state index contributed by atoms with van der Waals surface area (Å²) in [7, 11) is 0. The van der Waals surface area contributed by atoms with E-state index in [-0.39, 0.29) is 43.0 Å². The van der Waals surface area contributed by atoms with Gasteiger partial charge >= 0.3 is 6.03 Å². The van der Waals surface area contributed by atoms with Gasteiger partial charge in [-0.05, 0) is 55.8 Å². The van der Waals surface area contributed by atoms with Crippen LogP contribution in [0, 0.1) is 5.82 Å². The largest absolute Gasteiger partial charge is 0.491 e. The van der Waals surface area contributed by atoms with Gasteiger partial charge in [0.1, 0.15) is 24.7 Å². The van der Waals surface area contributed by atoms with Crippen molar-refractivity contribution in [1.82, 2.24) is 15.1 Å². The second kappa shape index (κ2) is 10.6. The van der Waals surface area contributed by atoms with E-state index in [2.05, 4.69) is 5.32 Å². The van der Waals surface area contributed by atoms with Crippen molar-refractivity contribution in [2.45, 2.75) is 45.7 Å².